The number of amides is 2. The largest absolute Gasteiger partial charge is 0.493 e. The van der Waals surface area contributed by atoms with Crippen molar-refractivity contribution in [1.82, 2.24) is 25.5 Å². The summed E-state index contributed by atoms with van der Waals surface area (Å²) in [5.41, 5.74) is 1.04. The average Bonchev–Trinajstić information content (AvgIpc) is 3.36. The van der Waals surface area contributed by atoms with Gasteiger partial charge in [0.1, 0.15) is 18.9 Å². The molecule has 1 aliphatic rings. The molecule has 190 valence electrons. The Labute approximate surface area is 208 Å². The van der Waals surface area contributed by atoms with Crippen LogP contribution in [0, 0.1) is 5.82 Å². The van der Waals surface area contributed by atoms with Gasteiger partial charge in [0.05, 0.1) is 14.2 Å². The highest BCUT2D eigenvalue weighted by Gasteiger charge is 2.24. The minimum atomic E-state index is -0.413. The Bertz CT molecular complexity index is 1190. The summed E-state index contributed by atoms with van der Waals surface area (Å²) in [5.74, 6) is 0.154. The number of halogens is 1. The molecule has 2 amide bonds. The zero-order valence-electron chi connectivity index (χ0n) is 20.3. The number of carbonyl (C=O) groups excluding carboxylic acids is 2. The SMILES string of the molecule is COc1ccc(N(CC(=O)NC2CCCCC2)C(=O)Cn2nnc(-c3ccc(F)cc3)n2)cc1OC. The van der Waals surface area contributed by atoms with Crippen molar-refractivity contribution in [1.29, 1.82) is 0 Å². The summed E-state index contributed by atoms with van der Waals surface area (Å²) in [6.45, 7) is -0.427. The molecular formula is C25H29FN6O4. The molecule has 4 rings (SSSR count). The van der Waals surface area contributed by atoms with E-state index in [9.17, 15) is 14.0 Å². The number of nitrogens with zero attached hydrogens (tertiary/aromatic N) is 5. The van der Waals surface area contributed by atoms with Gasteiger partial charge in [-0.25, -0.2) is 4.39 Å². The second-order valence-electron chi connectivity index (χ2n) is 8.57. The van der Waals surface area contributed by atoms with Crippen LogP contribution < -0.4 is 19.7 Å². The van der Waals surface area contributed by atoms with E-state index in [4.69, 9.17) is 9.47 Å². The van der Waals surface area contributed by atoms with E-state index in [1.165, 1.54) is 49.8 Å². The van der Waals surface area contributed by atoms with E-state index in [0.717, 1.165) is 30.5 Å². The molecule has 10 nitrogen and oxygen atoms in total. The molecule has 0 bridgehead atoms. The van der Waals surface area contributed by atoms with E-state index in [0.29, 0.717) is 22.7 Å². The average molecular weight is 497 g/mol. The second-order valence-corrected chi connectivity index (χ2v) is 8.57. The molecule has 0 radical (unpaired) electrons. The molecule has 1 heterocycles. The van der Waals surface area contributed by atoms with Crippen LogP contribution in [0.2, 0.25) is 0 Å². The van der Waals surface area contributed by atoms with Gasteiger partial charge in [-0.15, -0.1) is 10.2 Å². The first-order valence-corrected chi connectivity index (χ1v) is 11.8. The summed E-state index contributed by atoms with van der Waals surface area (Å²) in [7, 11) is 3.02. The van der Waals surface area contributed by atoms with Gasteiger partial charge in [0.2, 0.25) is 11.7 Å². The molecule has 1 N–H and O–H groups in total. The number of anilines is 1. The molecule has 0 atom stereocenters. The number of hydrogen-bond acceptors (Lipinski definition) is 7. The highest BCUT2D eigenvalue weighted by molar-refractivity contribution is 5.98. The lowest BCUT2D eigenvalue weighted by atomic mass is 9.95. The van der Waals surface area contributed by atoms with Crippen molar-refractivity contribution >= 4 is 17.5 Å². The minimum Gasteiger partial charge on any atom is -0.493 e. The van der Waals surface area contributed by atoms with Crippen molar-refractivity contribution < 1.29 is 23.5 Å². The van der Waals surface area contributed by atoms with Crippen molar-refractivity contribution in [2.75, 3.05) is 25.7 Å². The quantitative estimate of drug-likeness (QED) is 0.485. The molecule has 11 heteroatoms. The van der Waals surface area contributed by atoms with Gasteiger partial charge in [-0.3, -0.25) is 9.59 Å². The summed E-state index contributed by atoms with van der Waals surface area (Å²) in [4.78, 5) is 28.8. The summed E-state index contributed by atoms with van der Waals surface area (Å²) < 4.78 is 23.9. The molecule has 0 aliphatic heterocycles. The molecule has 36 heavy (non-hydrogen) atoms. The van der Waals surface area contributed by atoms with E-state index >= 15 is 0 Å². The zero-order chi connectivity index (χ0) is 25.5. The van der Waals surface area contributed by atoms with Gasteiger partial charge in [0.15, 0.2) is 11.5 Å². The topological polar surface area (TPSA) is 111 Å². The van der Waals surface area contributed by atoms with Crippen LogP contribution in [0.15, 0.2) is 42.5 Å². The summed E-state index contributed by atoms with van der Waals surface area (Å²) >= 11 is 0. The monoisotopic (exact) mass is 496 g/mol. The lowest BCUT2D eigenvalue weighted by Crippen LogP contribution is -2.46. The maximum absolute atomic E-state index is 13.4. The van der Waals surface area contributed by atoms with Crippen LogP contribution in [0.25, 0.3) is 11.4 Å². The maximum atomic E-state index is 13.4. The number of ether oxygens (including phenoxy) is 2. The lowest BCUT2D eigenvalue weighted by Gasteiger charge is -2.26. The van der Waals surface area contributed by atoms with Gasteiger partial charge in [-0.1, -0.05) is 19.3 Å². The van der Waals surface area contributed by atoms with Crippen LogP contribution in [0.4, 0.5) is 10.1 Å². The molecular weight excluding hydrogens is 467 g/mol. The Morgan fingerprint density at radius 3 is 2.47 bits per heavy atom. The first-order valence-electron chi connectivity index (χ1n) is 11.8. The van der Waals surface area contributed by atoms with Crippen LogP contribution >= 0.6 is 0 Å². The standard InChI is InChI=1S/C25H29FN6O4/c1-35-21-13-12-20(14-22(21)36-2)31(15-23(33)27-19-6-4-3-5-7-19)24(34)16-32-29-25(28-30-32)17-8-10-18(26)11-9-17/h8-14,19H,3-7,15-16H2,1-2H3,(H,27,33). The third kappa shape index (κ3) is 6.15. The van der Waals surface area contributed by atoms with Gasteiger partial charge >= 0.3 is 0 Å². The van der Waals surface area contributed by atoms with E-state index < -0.39 is 5.91 Å². The second kappa shape index (κ2) is 11.6. The third-order valence-electron chi connectivity index (χ3n) is 6.08. The molecule has 1 aromatic heterocycles. The predicted octanol–water partition coefficient (Wildman–Crippen LogP) is 2.98. The first kappa shape index (κ1) is 25.1. The Morgan fingerprint density at radius 2 is 1.78 bits per heavy atom. The number of methoxy groups -OCH3 is 2. The lowest BCUT2D eigenvalue weighted by molar-refractivity contribution is -0.124. The van der Waals surface area contributed by atoms with Crippen molar-refractivity contribution in [2.45, 2.75) is 44.7 Å². The molecule has 1 saturated carbocycles. The van der Waals surface area contributed by atoms with Crippen molar-refractivity contribution in [3.8, 4) is 22.9 Å². The van der Waals surface area contributed by atoms with E-state index in [2.05, 4.69) is 20.7 Å². The number of rotatable bonds is 9. The third-order valence-corrected chi connectivity index (χ3v) is 6.08. The Morgan fingerprint density at radius 1 is 1.06 bits per heavy atom. The molecule has 0 saturated heterocycles. The molecule has 3 aromatic rings. The summed E-state index contributed by atoms with van der Waals surface area (Å²) in [6, 6.07) is 10.8. The van der Waals surface area contributed by atoms with Crippen molar-refractivity contribution in [3.05, 3.63) is 48.3 Å². The Balaban J connectivity index is 1.54. The van der Waals surface area contributed by atoms with Crippen molar-refractivity contribution in [2.24, 2.45) is 0 Å². The van der Waals surface area contributed by atoms with Gasteiger partial charge in [0.25, 0.3) is 5.91 Å². The number of hydrogen-bond donors (Lipinski definition) is 1. The molecule has 2 aromatic carbocycles. The molecule has 0 spiro atoms. The van der Waals surface area contributed by atoms with Gasteiger partial charge < -0.3 is 19.7 Å². The van der Waals surface area contributed by atoms with Crippen LogP contribution in [0.1, 0.15) is 32.1 Å². The Kier molecular flexibility index (Phi) is 8.09. The fourth-order valence-corrected chi connectivity index (χ4v) is 4.21. The number of benzene rings is 2. The molecule has 1 fully saturated rings. The number of carbonyl (C=O) groups is 2. The fourth-order valence-electron chi connectivity index (χ4n) is 4.21. The number of aromatic nitrogens is 4. The van der Waals surface area contributed by atoms with E-state index in [1.54, 1.807) is 18.2 Å². The summed E-state index contributed by atoms with van der Waals surface area (Å²) in [5, 5.41) is 15.2. The van der Waals surface area contributed by atoms with E-state index in [-0.39, 0.29) is 36.7 Å². The van der Waals surface area contributed by atoms with Gasteiger partial charge in [-0.05, 0) is 54.5 Å². The minimum absolute atomic E-state index is 0.115. The number of nitrogens with one attached hydrogen (secondary N) is 1. The van der Waals surface area contributed by atoms with E-state index in [1.807, 2.05) is 0 Å². The van der Waals surface area contributed by atoms with Gasteiger partial charge in [0, 0.05) is 23.4 Å². The fraction of sp³-hybridized carbons (Fsp3) is 0.400. The van der Waals surface area contributed by atoms with Gasteiger partial charge in [-0.2, -0.15) is 4.80 Å². The number of tetrazole rings is 1. The van der Waals surface area contributed by atoms with Crippen molar-refractivity contribution in [3.63, 3.8) is 0 Å². The first-order chi connectivity index (χ1) is 17.5. The molecule has 0 unspecified atom stereocenters. The Hall–Kier alpha value is -4.02. The molecule has 1 aliphatic carbocycles. The highest BCUT2D eigenvalue weighted by Crippen LogP contribution is 2.31. The maximum Gasteiger partial charge on any atom is 0.251 e. The smallest absolute Gasteiger partial charge is 0.251 e. The van der Waals surface area contributed by atoms with Crippen LogP contribution in [0.3, 0.4) is 0 Å². The van der Waals surface area contributed by atoms with Crippen LogP contribution in [0.5, 0.6) is 11.5 Å². The summed E-state index contributed by atoms with van der Waals surface area (Å²) in [6.07, 6.45) is 5.21. The van der Waals surface area contributed by atoms with Crippen LogP contribution in [-0.4, -0.2) is 58.8 Å². The highest BCUT2D eigenvalue weighted by atomic mass is 19.1. The predicted molar refractivity (Wildman–Crippen MR) is 130 cm³/mol. The van der Waals surface area contributed by atoms with Crippen LogP contribution in [-0.2, 0) is 16.1 Å². The zero-order valence-corrected chi connectivity index (χ0v) is 20.3. The normalized spacial score (nSPS) is 13.8.